The highest BCUT2D eigenvalue weighted by atomic mass is 16.1. The third-order valence-electron chi connectivity index (χ3n) is 4.49. The van der Waals surface area contributed by atoms with Crippen LogP contribution in [0.3, 0.4) is 0 Å². The summed E-state index contributed by atoms with van der Waals surface area (Å²) in [6.07, 6.45) is 8.32. The van der Waals surface area contributed by atoms with Gasteiger partial charge >= 0.3 is 0 Å². The fourth-order valence-electron chi connectivity index (χ4n) is 3.05. The van der Waals surface area contributed by atoms with E-state index in [1.54, 1.807) is 24.3 Å². The summed E-state index contributed by atoms with van der Waals surface area (Å²) in [5.41, 5.74) is 1.27. The molecule has 0 saturated heterocycles. The van der Waals surface area contributed by atoms with Crippen molar-refractivity contribution < 1.29 is 9.59 Å². The maximum absolute atomic E-state index is 12.1. The molecule has 0 atom stereocenters. The standard InChI is InChI=1S/C19H28N2O2/c1-2-18(22)15-9-11-16(12-10-15)19(23)21-14-13-20-17-7-5-3-4-6-8-17/h9-12,17,20H,2-8,13-14H2,1H3,(H,21,23). The Hall–Kier alpha value is -1.68. The van der Waals surface area contributed by atoms with Crippen LogP contribution in [0.4, 0.5) is 0 Å². The van der Waals surface area contributed by atoms with E-state index in [0.29, 0.717) is 30.1 Å². The lowest BCUT2D eigenvalue weighted by Gasteiger charge is -2.16. The molecule has 1 amide bonds. The number of carbonyl (C=O) groups is 2. The summed E-state index contributed by atoms with van der Waals surface area (Å²) in [6.45, 7) is 3.28. The van der Waals surface area contributed by atoms with Crippen LogP contribution in [0.2, 0.25) is 0 Å². The smallest absolute Gasteiger partial charge is 0.251 e. The van der Waals surface area contributed by atoms with Crippen LogP contribution in [0.1, 0.15) is 72.6 Å². The molecule has 0 aromatic heterocycles. The topological polar surface area (TPSA) is 58.2 Å². The Morgan fingerprint density at radius 1 is 0.957 bits per heavy atom. The quantitative estimate of drug-likeness (QED) is 0.461. The zero-order valence-electron chi connectivity index (χ0n) is 14.1. The molecule has 0 unspecified atom stereocenters. The van der Waals surface area contributed by atoms with E-state index in [0.717, 1.165) is 6.54 Å². The number of ketones is 1. The molecule has 1 saturated carbocycles. The van der Waals surface area contributed by atoms with Gasteiger partial charge in [-0.2, -0.15) is 0 Å². The minimum Gasteiger partial charge on any atom is -0.351 e. The van der Waals surface area contributed by atoms with Crippen molar-refractivity contribution in [2.45, 2.75) is 57.9 Å². The highest BCUT2D eigenvalue weighted by molar-refractivity contribution is 5.98. The van der Waals surface area contributed by atoms with Gasteiger partial charge in [-0.05, 0) is 25.0 Å². The van der Waals surface area contributed by atoms with Crippen LogP contribution in [0, 0.1) is 0 Å². The molecule has 4 heteroatoms. The predicted molar refractivity (Wildman–Crippen MR) is 92.9 cm³/mol. The number of hydrogen-bond acceptors (Lipinski definition) is 3. The molecular weight excluding hydrogens is 288 g/mol. The Labute approximate surface area is 139 Å². The van der Waals surface area contributed by atoms with Crippen molar-refractivity contribution in [1.82, 2.24) is 10.6 Å². The van der Waals surface area contributed by atoms with Crippen molar-refractivity contribution in [1.29, 1.82) is 0 Å². The van der Waals surface area contributed by atoms with E-state index in [9.17, 15) is 9.59 Å². The SMILES string of the molecule is CCC(=O)c1ccc(C(=O)NCCNC2CCCCCC2)cc1. The first-order valence-electron chi connectivity index (χ1n) is 8.85. The fourth-order valence-corrected chi connectivity index (χ4v) is 3.05. The highest BCUT2D eigenvalue weighted by Gasteiger charge is 2.11. The van der Waals surface area contributed by atoms with Crippen LogP contribution in [0.15, 0.2) is 24.3 Å². The molecule has 1 aliphatic carbocycles. The Morgan fingerprint density at radius 2 is 1.57 bits per heavy atom. The maximum Gasteiger partial charge on any atom is 0.251 e. The van der Waals surface area contributed by atoms with Gasteiger partial charge in [0.15, 0.2) is 5.78 Å². The first-order chi connectivity index (χ1) is 11.2. The molecule has 2 N–H and O–H groups in total. The molecule has 0 aliphatic heterocycles. The lowest BCUT2D eigenvalue weighted by molar-refractivity contribution is 0.0950. The number of benzene rings is 1. The molecule has 4 nitrogen and oxygen atoms in total. The van der Waals surface area contributed by atoms with E-state index in [2.05, 4.69) is 10.6 Å². The number of rotatable bonds is 7. The van der Waals surface area contributed by atoms with Crippen molar-refractivity contribution in [2.24, 2.45) is 0 Å². The summed E-state index contributed by atoms with van der Waals surface area (Å²) in [5.74, 6) is 0.0210. The van der Waals surface area contributed by atoms with Gasteiger partial charge in [0.05, 0.1) is 0 Å². The molecule has 1 aliphatic rings. The summed E-state index contributed by atoms with van der Waals surface area (Å²) in [4.78, 5) is 23.6. The second-order valence-electron chi connectivity index (χ2n) is 6.25. The number of Topliss-reactive ketones (excluding diaryl/α,β-unsaturated/α-hetero) is 1. The summed E-state index contributed by atoms with van der Waals surface area (Å²) in [7, 11) is 0. The molecule has 0 bridgehead atoms. The number of amides is 1. The summed E-state index contributed by atoms with van der Waals surface area (Å²) >= 11 is 0. The summed E-state index contributed by atoms with van der Waals surface area (Å²) in [5, 5.41) is 6.47. The van der Waals surface area contributed by atoms with Gasteiger partial charge in [-0.3, -0.25) is 9.59 Å². The summed E-state index contributed by atoms with van der Waals surface area (Å²) < 4.78 is 0. The predicted octanol–water partition coefficient (Wildman–Crippen LogP) is 3.32. The monoisotopic (exact) mass is 316 g/mol. The van der Waals surface area contributed by atoms with E-state index in [1.807, 2.05) is 6.92 Å². The van der Waals surface area contributed by atoms with Crippen LogP contribution >= 0.6 is 0 Å². The zero-order chi connectivity index (χ0) is 16.5. The molecule has 1 fully saturated rings. The van der Waals surface area contributed by atoms with Crippen LogP contribution < -0.4 is 10.6 Å². The van der Waals surface area contributed by atoms with Crippen molar-refractivity contribution in [2.75, 3.05) is 13.1 Å². The van der Waals surface area contributed by atoms with E-state index >= 15 is 0 Å². The largest absolute Gasteiger partial charge is 0.351 e. The van der Waals surface area contributed by atoms with E-state index < -0.39 is 0 Å². The van der Waals surface area contributed by atoms with Crippen molar-refractivity contribution >= 4 is 11.7 Å². The van der Waals surface area contributed by atoms with Gasteiger partial charge in [-0.25, -0.2) is 0 Å². The van der Waals surface area contributed by atoms with Crippen LogP contribution in [-0.4, -0.2) is 30.8 Å². The minimum atomic E-state index is -0.0804. The Kier molecular flexibility index (Phi) is 7.27. The number of nitrogens with one attached hydrogen (secondary N) is 2. The van der Waals surface area contributed by atoms with Gasteiger partial charge in [0.1, 0.15) is 0 Å². The fraction of sp³-hybridized carbons (Fsp3) is 0.579. The maximum atomic E-state index is 12.1. The molecule has 0 radical (unpaired) electrons. The van der Waals surface area contributed by atoms with E-state index in [-0.39, 0.29) is 11.7 Å². The molecular formula is C19H28N2O2. The number of hydrogen-bond donors (Lipinski definition) is 2. The van der Waals surface area contributed by atoms with Gasteiger partial charge in [0.2, 0.25) is 0 Å². The zero-order valence-corrected chi connectivity index (χ0v) is 14.1. The molecule has 0 heterocycles. The first kappa shape index (κ1) is 17.7. The normalized spacial score (nSPS) is 15.9. The molecule has 1 aromatic carbocycles. The second kappa shape index (κ2) is 9.46. The van der Waals surface area contributed by atoms with Crippen LogP contribution in [0.25, 0.3) is 0 Å². The van der Waals surface area contributed by atoms with Gasteiger partial charge in [-0.15, -0.1) is 0 Å². The Balaban J connectivity index is 1.70. The Bertz CT molecular complexity index is 503. The average molecular weight is 316 g/mol. The highest BCUT2D eigenvalue weighted by Crippen LogP contribution is 2.16. The molecule has 1 aromatic rings. The van der Waals surface area contributed by atoms with Gasteiger partial charge in [0, 0.05) is 36.7 Å². The molecule has 23 heavy (non-hydrogen) atoms. The van der Waals surface area contributed by atoms with E-state index in [4.69, 9.17) is 0 Å². The van der Waals surface area contributed by atoms with Crippen LogP contribution in [-0.2, 0) is 0 Å². The third-order valence-corrected chi connectivity index (χ3v) is 4.49. The molecule has 126 valence electrons. The third kappa shape index (κ3) is 5.79. The Morgan fingerprint density at radius 3 is 2.17 bits per heavy atom. The molecule has 0 spiro atoms. The van der Waals surface area contributed by atoms with Gasteiger partial charge < -0.3 is 10.6 Å². The van der Waals surface area contributed by atoms with Crippen LogP contribution in [0.5, 0.6) is 0 Å². The van der Waals surface area contributed by atoms with Crippen molar-refractivity contribution in [3.05, 3.63) is 35.4 Å². The summed E-state index contributed by atoms with van der Waals surface area (Å²) in [6, 6.07) is 7.50. The van der Waals surface area contributed by atoms with Crippen molar-refractivity contribution in [3.63, 3.8) is 0 Å². The van der Waals surface area contributed by atoms with Crippen molar-refractivity contribution in [3.8, 4) is 0 Å². The lowest BCUT2D eigenvalue weighted by atomic mass is 10.1. The average Bonchev–Trinajstić information content (AvgIpc) is 2.86. The van der Waals surface area contributed by atoms with Gasteiger partial charge in [-0.1, -0.05) is 44.7 Å². The lowest BCUT2D eigenvalue weighted by Crippen LogP contribution is -2.36. The van der Waals surface area contributed by atoms with E-state index in [1.165, 1.54) is 38.5 Å². The minimum absolute atomic E-state index is 0.0804. The first-order valence-corrected chi connectivity index (χ1v) is 8.85. The second-order valence-corrected chi connectivity index (χ2v) is 6.25. The van der Waals surface area contributed by atoms with Gasteiger partial charge in [0.25, 0.3) is 5.91 Å². The molecule has 2 rings (SSSR count). The number of carbonyl (C=O) groups excluding carboxylic acids is 2.